The van der Waals surface area contributed by atoms with E-state index in [1.54, 1.807) is 18.4 Å². The molecule has 9 rings (SSSR count). The van der Waals surface area contributed by atoms with Crippen molar-refractivity contribution in [3.8, 4) is 17.2 Å². The zero-order valence-corrected chi connectivity index (χ0v) is 43.1. The van der Waals surface area contributed by atoms with E-state index in [4.69, 9.17) is 48.1 Å². The normalized spacial score (nSPS) is 16.4. The molecule has 3 aliphatic heterocycles. The van der Waals surface area contributed by atoms with Crippen LogP contribution in [0.5, 0.6) is 17.2 Å². The topological polar surface area (TPSA) is 154 Å². The molecule has 0 saturated carbocycles. The van der Waals surface area contributed by atoms with E-state index >= 15 is 0 Å². The summed E-state index contributed by atoms with van der Waals surface area (Å²) in [5.41, 5.74) is 6.66. The van der Waals surface area contributed by atoms with E-state index in [1.165, 1.54) is 0 Å². The Bertz CT molecular complexity index is 2560. The van der Waals surface area contributed by atoms with Gasteiger partial charge in [-0.05, 0) is 95.7 Å². The number of aryl methyl sites for hydroxylation is 3. The third kappa shape index (κ3) is 14.9. The van der Waals surface area contributed by atoms with E-state index in [9.17, 15) is 5.26 Å². The maximum atomic E-state index is 10.4. The van der Waals surface area contributed by atoms with Crippen molar-refractivity contribution in [3.63, 3.8) is 0 Å². The smallest absolute Gasteiger partial charge is 0.409 e. The van der Waals surface area contributed by atoms with Crippen LogP contribution in [-0.2, 0) is 39.6 Å². The number of rotatable bonds is 13. The molecule has 6 aromatic rings. The fourth-order valence-electron chi connectivity index (χ4n) is 8.67. The first kappa shape index (κ1) is 53.0. The number of thiazole rings is 1. The minimum atomic E-state index is 0.319. The van der Waals surface area contributed by atoms with Gasteiger partial charge in [-0.1, -0.05) is 42.5 Å². The molecule has 72 heavy (non-hydrogen) atoms. The number of hydrogen-bond donors (Lipinski definition) is 0. The summed E-state index contributed by atoms with van der Waals surface area (Å²) in [5, 5.41) is 26.7. The molecule has 5 aromatic carbocycles. The van der Waals surface area contributed by atoms with Crippen molar-refractivity contribution in [3.05, 3.63) is 102 Å². The monoisotopic (exact) mass is 1030 g/mol. The molecule has 3 aliphatic rings. The quantitative estimate of drug-likeness (QED) is 0.0207. The number of methoxy groups -OCH3 is 1. The number of fused-ring (bicyclic) bond motifs is 23. The summed E-state index contributed by atoms with van der Waals surface area (Å²) in [5.74, 6) is 2.73. The molecule has 0 aliphatic carbocycles. The largest absolute Gasteiger partial charge is 0.691 e. The molecule has 0 radical (unpaired) electrons. The summed E-state index contributed by atoms with van der Waals surface area (Å²) >= 11 is 2.55. The summed E-state index contributed by atoms with van der Waals surface area (Å²) in [6.07, 6.45) is 0.701. The molecule has 17 nitrogen and oxygen atoms in total. The number of azo groups is 1. The van der Waals surface area contributed by atoms with Crippen LogP contribution in [-0.4, -0.2) is 131 Å². The van der Waals surface area contributed by atoms with E-state index in [0.29, 0.717) is 149 Å². The number of ether oxygens (including phenoxy) is 8. The third-order valence-corrected chi connectivity index (χ3v) is 13.9. The Labute approximate surface area is 430 Å². The summed E-state index contributed by atoms with van der Waals surface area (Å²) in [4.78, 5) is 6.77. The lowest BCUT2D eigenvalue weighted by Crippen LogP contribution is -2.34. The molecule has 0 spiro atoms. The van der Waals surface area contributed by atoms with Crippen LogP contribution in [0.2, 0.25) is 0 Å². The average molecular weight is 1030 g/mol. The average Bonchev–Trinajstić information content (AvgIpc) is 3.75. The fraction of sp³-hybridized carbons (Fsp3) is 0.453. The van der Waals surface area contributed by atoms with Gasteiger partial charge in [0.25, 0.3) is 0 Å². The molecule has 19 heteroatoms. The summed E-state index contributed by atoms with van der Waals surface area (Å²) in [7, 11) is 1.66. The highest BCUT2D eigenvalue weighted by Crippen LogP contribution is 2.37. The minimum Gasteiger partial charge on any atom is -0.691 e. The fourth-order valence-corrected chi connectivity index (χ4v) is 10.0. The van der Waals surface area contributed by atoms with Crippen molar-refractivity contribution >= 4 is 72.2 Å². The Balaban J connectivity index is 1.13. The van der Waals surface area contributed by atoms with Gasteiger partial charge in [0.1, 0.15) is 42.8 Å². The molecule has 1 aromatic heterocycles. The van der Waals surface area contributed by atoms with Crippen LogP contribution >= 0.6 is 23.4 Å². The van der Waals surface area contributed by atoms with Gasteiger partial charge < -0.3 is 57.9 Å². The lowest BCUT2D eigenvalue weighted by molar-refractivity contribution is -0.777. The lowest BCUT2D eigenvalue weighted by Gasteiger charge is -2.29. The first-order valence-corrected chi connectivity index (χ1v) is 26.3. The number of hydrogen-bond acceptors (Lipinski definition) is 18. The second kappa shape index (κ2) is 28.2. The summed E-state index contributed by atoms with van der Waals surface area (Å²) in [6.45, 7) is 13.8. The van der Waals surface area contributed by atoms with Crippen molar-refractivity contribution in [1.29, 1.82) is 0 Å². The van der Waals surface area contributed by atoms with Crippen LogP contribution in [0, 0.1) is 13.8 Å². The zero-order chi connectivity index (χ0) is 49.7. The van der Waals surface area contributed by atoms with Gasteiger partial charge >= 0.3 is 5.13 Å². The van der Waals surface area contributed by atoms with E-state index in [1.807, 2.05) is 30.3 Å². The van der Waals surface area contributed by atoms with Gasteiger partial charge in [-0.25, -0.2) is 4.57 Å². The maximum Gasteiger partial charge on any atom is 0.409 e. The predicted molar refractivity (Wildman–Crippen MR) is 280 cm³/mol. The third-order valence-electron chi connectivity index (χ3n) is 12.2. The molecular formula is C53H66N6O11S2. The Morgan fingerprint density at radius 3 is 1.83 bits per heavy atom. The Morgan fingerprint density at radius 2 is 1.22 bits per heavy atom. The van der Waals surface area contributed by atoms with Crippen LogP contribution in [0.25, 0.3) is 21.0 Å². The highest BCUT2D eigenvalue weighted by molar-refractivity contribution is 7.94. The van der Waals surface area contributed by atoms with Crippen LogP contribution in [0.4, 0.5) is 27.9 Å². The van der Waals surface area contributed by atoms with Gasteiger partial charge in [0.05, 0.1) is 106 Å². The maximum absolute atomic E-state index is 10.4. The molecule has 4 heterocycles. The Kier molecular flexibility index (Phi) is 20.8. The van der Waals surface area contributed by atoms with Crippen molar-refractivity contribution < 1.29 is 57.1 Å². The van der Waals surface area contributed by atoms with Gasteiger partial charge in [0, 0.05) is 62.5 Å². The van der Waals surface area contributed by atoms with Gasteiger partial charge in [-0.15, -0.1) is 0 Å². The number of benzene rings is 5. The van der Waals surface area contributed by atoms with Crippen LogP contribution in [0.3, 0.4) is 0 Å². The zero-order valence-electron chi connectivity index (χ0n) is 41.5. The van der Waals surface area contributed by atoms with Gasteiger partial charge in [0.2, 0.25) is 0 Å². The standard InChI is InChI=1S/C53H66N6O11S2/c1-40-9-13-45-48(37-40)66-28-22-58(23-29-67-49-38-41(2)10-14-46(49)57-20-26-64-33-31-62-24-18-56(45)19-25-63-32-34-65-27-21-57)47-15-12-43(39-50(47)68-35-30-61-3)54-55-53-59(17-6-36-71-70-69-60)52-44-8-5-4-7-42(44)11-16-51(52)72-53/h4-5,7-16,37-39H,6,17-36H2,1-3H3. The highest BCUT2D eigenvalue weighted by Gasteiger charge is 2.23. The van der Waals surface area contributed by atoms with E-state index in [-0.39, 0.29) is 0 Å². The molecule has 0 unspecified atom stereocenters. The summed E-state index contributed by atoms with van der Waals surface area (Å²) in [6, 6.07) is 31.1. The predicted octanol–water partition coefficient (Wildman–Crippen LogP) is 8.33. The molecule has 1 fully saturated rings. The van der Waals surface area contributed by atoms with Gasteiger partial charge in [0.15, 0.2) is 5.52 Å². The van der Waals surface area contributed by atoms with E-state index in [0.717, 1.165) is 77.9 Å². The highest BCUT2D eigenvalue weighted by atomic mass is 32.2. The lowest BCUT2D eigenvalue weighted by atomic mass is 10.1. The molecule has 2 bridgehead atoms. The SMILES string of the molecule is COCCOc1cc(N=Nc2sc3ccc4ccccc4c3[n+]2CCCSOO[O-])ccc1N1CCOc2cc(C)ccc2N2CCOCCOCCN(CCOCCOCC2)c2ccc(C)cc2OCC1. The van der Waals surface area contributed by atoms with Crippen LogP contribution in [0.15, 0.2) is 101 Å². The Morgan fingerprint density at radius 1 is 0.639 bits per heavy atom. The van der Waals surface area contributed by atoms with Gasteiger partial charge in [-0.2, -0.15) is 4.33 Å². The van der Waals surface area contributed by atoms with E-state index in [2.05, 4.69) is 103 Å². The molecule has 0 N–H and O–H groups in total. The molecule has 0 atom stereocenters. The van der Waals surface area contributed by atoms with Crippen LogP contribution in [0.1, 0.15) is 17.5 Å². The second-order valence-electron chi connectivity index (χ2n) is 17.2. The van der Waals surface area contributed by atoms with Crippen molar-refractivity contribution in [2.45, 2.75) is 26.8 Å². The number of aromatic nitrogens is 1. The van der Waals surface area contributed by atoms with Crippen molar-refractivity contribution in [2.75, 3.05) is 146 Å². The number of nitrogens with zero attached hydrogens (tertiary/aromatic N) is 6. The van der Waals surface area contributed by atoms with Gasteiger partial charge in [-0.3, -0.25) is 5.04 Å². The van der Waals surface area contributed by atoms with Crippen molar-refractivity contribution in [1.82, 2.24) is 0 Å². The molecule has 1 saturated heterocycles. The first-order valence-electron chi connectivity index (χ1n) is 24.6. The second-order valence-corrected chi connectivity index (χ2v) is 19.0. The van der Waals surface area contributed by atoms with Crippen molar-refractivity contribution in [2.24, 2.45) is 10.2 Å². The first-order chi connectivity index (χ1) is 35.5. The van der Waals surface area contributed by atoms with Crippen LogP contribution < -0.4 is 38.7 Å². The minimum absolute atomic E-state index is 0.319. The molecule has 386 valence electrons. The Hall–Kier alpha value is -5.32. The molecule has 0 amide bonds. The van der Waals surface area contributed by atoms with E-state index < -0.39 is 0 Å². The summed E-state index contributed by atoms with van der Waals surface area (Å²) < 4.78 is 57.8. The number of anilines is 3. The molecular weight excluding hydrogens is 961 g/mol.